The smallest absolute Gasteiger partial charge is 0.219 e. The van der Waals surface area contributed by atoms with Gasteiger partial charge in [0, 0.05) is 12.5 Å². The van der Waals surface area contributed by atoms with Crippen LogP contribution in [0, 0.1) is 0 Å². The number of ether oxygens (including phenoxy) is 1. The summed E-state index contributed by atoms with van der Waals surface area (Å²) in [6, 6.07) is 14.5. The number of halogens is 2. The van der Waals surface area contributed by atoms with E-state index in [1.54, 1.807) is 7.11 Å². The van der Waals surface area contributed by atoms with E-state index in [-0.39, 0.29) is 17.0 Å². The second-order valence-corrected chi connectivity index (χ2v) is 5.41. The molecule has 104 valence electrons. The first-order valence-corrected chi connectivity index (χ1v) is 7.11. The minimum Gasteiger partial charge on any atom is -1.00 e. The molecular formula is C16H15Br2NO. The van der Waals surface area contributed by atoms with Gasteiger partial charge in [0.1, 0.15) is 5.75 Å². The average Bonchev–Trinajstić information content (AvgIpc) is 2.46. The Morgan fingerprint density at radius 1 is 1.10 bits per heavy atom. The van der Waals surface area contributed by atoms with E-state index < -0.39 is 0 Å². The number of para-hydroxylation sites is 1. The summed E-state index contributed by atoms with van der Waals surface area (Å²) in [5.41, 5.74) is 3.73. The first-order valence-electron chi connectivity index (χ1n) is 6.31. The lowest BCUT2D eigenvalue weighted by Crippen LogP contribution is -3.00. The average molecular weight is 397 g/mol. The maximum Gasteiger partial charge on any atom is 0.219 e. The molecule has 20 heavy (non-hydrogen) atoms. The van der Waals surface area contributed by atoms with Gasteiger partial charge in [0.25, 0.3) is 0 Å². The monoisotopic (exact) mass is 395 g/mol. The summed E-state index contributed by atoms with van der Waals surface area (Å²) in [6.07, 6.45) is 3.21. The number of rotatable bonds is 2. The van der Waals surface area contributed by atoms with Crippen molar-refractivity contribution in [2.75, 3.05) is 13.7 Å². The van der Waals surface area contributed by atoms with E-state index in [1.807, 2.05) is 12.1 Å². The largest absolute Gasteiger partial charge is 1.00 e. The van der Waals surface area contributed by atoms with Gasteiger partial charge in [-0.25, -0.2) is 0 Å². The van der Waals surface area contributed by atoms with Crippen molar-refractivity contribution in [3.05, 3.63) is 58.1 Å². The van der Waals surface area contributed by atoms with Crippen LogP contribution in [0.15, 0.2) is 46.9 Å². The number of benzene rings is 2. The number of nitrogens with zero attached hydrogens (tertiary/aromatic N) is 1. The van der Waals surface area contributed by atoms with Crippen molar-refractivity contribution in [2.45, 2.75) is 6.42 Å². The van der Waals surface area contributed by atoms with Gasteiger partial charge in [-0.3, -0.25) is 0 Å². The number of methoxy groups -OCH3 is 1. The first kappa shape index (κ1) is 15.3. The van der Waals surface area contributed by atoms with Gasteiger partial charge in [-0.2, -0.15) is 4.58 Å². The van der Waals surface area contributed by atoms with Crippen LogP contribution in [0.2, 0.25) is 0 Å². The van der Waals surface area contributed by atoms with E-state index in [2.05, 4.69) is 57.1 Å². The Morgan fingerprint density at radius 2 is 1.90 bits per heavy atom. The predicted octanol–water partition coefficient (Wildman–Crippen LogP) is 0.781. The van der Waals surface area contributed by atoms with E-state index in [0.29, 0.717) is 0 Å². The number of hydrogen-bond acceptors (Lipinski definition) is 1. The van der Waals surface area contributed by atoms with Gasteiger partial charge in [-0.1, -0.05) is 24.3 Å². The Balaban J connectivity index is 0.00000147. The van der Waals surface area contributed by atoms with Crippen molar-refractivity contribution in [2.24, 2.45) is 0 Å². The van der Waals surface area contributed by atoms with Gasteiger partial charge < -0.3 is 21.7 Å². The van der Waals surface area contributed by atoms with Gasteiger partial charge in [-0.05, 0) is 33.6 Å². The van der Waals surface area contributed by atoms with Crippen LogP contribution in [0.4, 0.5) is 5.69 Å². The van der Waals surface area contributed by atoms with E-state index in [9.17, 15) is 0 Å². The van der Waals surface area contributed by atoms with Crippen LogP contribution in [-0.4, -0.2) is 24.4 Å². The molecule has 0 aromatic heterocycles. The summed E-state index contributed by atoms with van der Waals surface area (Å²) in [5, 5.41) is 0. The molecule has 3 rings (SSSR count). The molecule has 0 N–H and O–H groups in total. The molecule has 0 saturated carbocycles. The van der Waals surface area contributed by atoms with Crippen LogP contribution in [0.3, 0.4) is 0 Å². The summed E-state index contributed by atoms with van der Waals surface area (Å²) in [6.45, 7) is 0.989. The summed E-state index contributed by atoms with van der Waals surface area (Å²) < 4.78 is 8.85. The van der Waals surface area contributed by atoms with E-state index in [4.69, 9.17) is 4.74 Å². The van der Waals surface area contributed by atoms with Crippen molar-refractivity contribution < 1.29 is 26.3 Å². The van der Waals surface area contributed by atoms with Gasteiger partial charge in [0.05, 0.1) is 17.1 Å². The second kappa shape index (κ2) is 6.55. The third kappa shape index (κ3) is 2.81. The molecule has 0 atom stereocenters. The van der Waals surface area contributed by atoms with Crippen LogP contribution in [0.5, 0.6) is 5.75 Å². The quantitative estimate of drug-likeness (QED) is 0.683. The second-order valence-electron chi connectivity index (χ2n) is 4.56. The molecule has 1 aliphatic heterocycles. The highest BCUT2D eigenvalue weighted by Gasteiger charge is 2.22. The molecule has 0 aliphatic carbocycles. The highest BCUT2D eigenvalue weighted by molar-refractivity contribution is 9.10. The lowest BCUT2D eigenvalue weighted by atomic mass is 10.0. The van der Waals surface area contributed by atoms with Crippen molar-refractivity contribution in [1.29, 1.82) is 0 Å². The third-order valence-corrected chi connectivity index (χ3v) is 4.12. The minimum atomic E-state index is 0. The Bertz CT molecular complexity index is 653. The zero-order valence-corrected chi connectivity index (χ0v) is 14.3. The standard InChI is InChI=1S/C16H15BrNO.BrH/c1-19-16-8-4-5-12-9-10-18(11-13(12)16)15-7-3-2-6-14(15)17;/h2-8,11H,9-10H2,1H3;1H/q+1;/p-1. The van der Waals surface area contributed by atoms with Crippen molar-refractivity contribution in [3.8, 4) is 5.75 Å². The molecule has 2 aromatic carbocycles. The lowest BCUT2D eigenvalue weighted by molar-refractivity contribution is -0.437. The highest BCUT2D eigenvalue weighted by atomic mass is 79.9. The highest BCUT2D eigenvalue weighted by Crippen LogP contribution is 2.29. The fourth-order valence-corrected chi connectivity index (χ4v) is 2.98. The molecule has 1 heterocycles. The number of hydrogen-bond donors (Lipinski definition) is 0. The minimum absolute atomic E-state index is 0. The van der Waals surface area contributed by atoms with Gasteiger partial charge >= 0.3 is 0 Å². The molecule has 2 nitrogen and oxygen atoms in total. The molecule has 2 aromatic rings. The Kier molecular flexibility index (Phi) is 5.00. The zero-order chi connectivity index (χ0) is 13.2. The summed E-state index contributed by atoms with van der Waals surface area (Å²) in [7, 11) is 1.72. The molecule has 0 amide bonds. The summed E-state index contributed by atoms with van der Waals surface area (Å²) in [4.78, 5) is 0. The summed E-state index contributed by atoms with van der Waals surface area (Å²) in [5.74, 6) is 0.939. The molecule has 0 fully saturated rings. The SMILES string of the molecule is COc1cccc2c1C=[N+](c1ccccc1Br)CC2.[Br-]. The molecule has 0 saturated heterocycles. The van der Waals surface area contributed by atoms with Crippen LogP contribution < -0.4 is 21.7 Å². The fourth-order valence-electron chi connectivity index (χ4n) is 2.47. The molecule has 4 heteroatoms. The maximum absolute atomic E-state index is 5.46. The molecule has 0 unspecified atom stereocenters. The van der Waals surface area contributed by atoms with Crippen molar-refractivity contribution in [1.82, 2.24) is 0 Å². The summed E-state index contributed by atoms with van der Waals surface area (Å²) >= 11 is 3.61. The van der Waals surface area contributed by atoms with Crippen molar-refractivity contribution >= 4 is 27.8 Å². The Hall–Kier alpha value is -1.13. The molecular weight excluding hydrogens is 382 g/mol. The third-order valence-electron chi connectivity index (χ3n) is 3.45. The molecule has 0 radical (unpaired) electrons. The van der Waals surface area contributed by atoms with E-state index >= 15 is 0 Å². The number of fused-ring (bicyclic) bond motifs is 1. The van der Waals surface area contributed by atoms with Crippen LogP contribution in [0.25, 0.3) is 0 Å². The van der Waals surface area contributed by atoms with Gasteiger partial charge in [0.2, 0.25) is 5.69 Å². The maximum atomic E-state index is 5.46. The predicted molar refractivity (Wildman–Crippen MR) is 80.8 cm³/mol. The first-order chi connectivity index (χ1) is 9.29. The fraction of sp³-hybridized carbons (Fsp3) is 0.188. The van der Waals surface area contributed by atoms with E-state index in [1.165, 1.54) is 16.8 Å². The Labute approximate surface area is 138 Å². The van der Waals surface area contributed by atoms with Gasteiger partial charge in [-0.15, -0.1) is 0 Å². The molecule has 0 bridgehead atoms. The molecule has 0 spiro atoms. The molecule has 1 aliphatic rings. The van der Waals surface area contributed by atoms with E-state index in [0.717, 1.165) is 23.2 Å². The van der Waals surface area contributed by atoms with Crippen LogP contribution in [0.1, 0.15) is 11.1 Å². The topological polar surface area (TPSA) is 12.2 Å². The Morgan fingerprint density at radius 3 is 2.65 bits per heavy atom. The zero-order valence-electron chi connectivity index (χ0n) is 11.1. The van der Waals surface area contributed by atoms with Crippen molar-refractivity contribution in [3.63, 3.8) is 0 Å². The van der Waals surface area contributed by atoms with Crippen LogP contribution >= 0.6 is 15.9 Å². The lowest BCUT2D eigenvalue weighted by Gasteiger charge is -2.15. The normalized spacial score (nSPS) is 13.0. The van der Waals surface area contributed by atoms with Crippen LogP contribution in [-0.2, 0) is 6.42 Å². The van der Waals surface area contributed by atoms with Gasteiger partial charge in [0.15, 0.2) is 12.8 Å².